The fraction of sp³-hybridized carbons (Fsp3) is 0.364. The summed E-state index contributed by atoms with van der Waals surface area (Å²) in [6, 6.07) is 6.18. The highest BCUT2D eigenvalue weighted by Gasteiger charge is 2.04. The third-order valence-corrected chi connectivity index (χ3v) is 2.02. The third kappa shape index (κ3) is 4.51. The van der Waals surface area contributed by atoms with E-state index in [0.29, 0.717) is 31.2 Å². The molecule has 16 heavy (non-hydrogen) atoms. The molecule has 1 aromatic rings. The third-order valence-electron chi connectivity index (χ3n) is 1.86. The smallest absolute Gasteiger partial charge is 0.251 e. The Kier molecular flexibility index (Phi) is 5.67. The van der Waals surface area contributed by atoms with Crippen LogP contribution in [0.5, 0.6) is 5.75 Å². The maximum absolute atomic E-state index is 11.5. The van der Waals surface area contributed by atoms with E-state index >= 15 is 0 Å². The van der Waals surface area contributed by atoms with Gasteiger partial charge in [-0.2, -0.15) is 0 Å². The summed E-state index contributed by atoms with van der Waals surface area (Å²) < 4.78 is 5.10. The lowest BCUT2D eigenvalue weighted by molar-refractivity contribution is 0.0923. The van der Waals surface area contributed by atoms with Gasteiger partial charge in [-0.15, -0.1) is 11.6 Å². The van der Waals surface area contributed by atoms with Crippen molar-refractivity contribution in [1.29, 1.82) is 0 Å². The van der Waals surface area contributed by atoms with Crippen molar-refractivity contribution in [2.75, 3.05) is 25.6 Å². The van der Waals surface area contributed by atoms with Gasteiger partial charge >= 0.3 is 0 Å². The Bertz CT molecular complexity index is 344. The lowest BCUT2D eigenvalue weighted by Crippen LogP contribution is -2.27. The molecule has 0 atom stereocenters. The summed E-state index contributed by atoms with van der Waals surface area (Å²) >= 11 is 5.42. The average Bonchev–Trinajstić information content (AvgIpc) is 2.28. The fourth-order valence-corrected chi connectivity index (χ4v) is 1.25. The Morgan fingerprint density at radius 3 is 2.94 bits per heavy atom. The maximum Gasteiger partial charge on any atom is 0.251 e. The number of rotatable bonds is 6. The average molecular weight is 244 g/mol. The molecule has 1 amide bonds. The van der Waals surface area contributed by atoms with Crippen molar-refractivity contribution in [3.63, 3.8) is 0 Å². The fourth-order valence-electron chi connectivity index (χ4n) is 1.14. The van der Waals surface area contributed by atoms with Gasteiger partial charge in [-0.3, -0.25) is 4.79 Å². The molecule has 0 spiro atoms. The topological polar surface area (TPSA) is 58.6 Å². The molecular formula is C11H14ClNO3. The van der Waals surface area contributed by atoms with Gasteiger partial charge in [-0.1, -0.05) is 6.07 Å². The molecule has 0 aromatic heterocycles. The van der Waals surface area contributed by atoms with E-state index in [4.69, 9.17) is 16.3 Å². The van der Waals surface area contributed by atoms with Crippen LogP contribution in [0.4, 0.5) is 0 Å². The second kappa shape index (κ2) is 7.09. The number of amides is 1. The van der Waals surface area contributed by atoms with Crippen LogP contribution in [0.2, 0.25) is 0 Å². The number of carbonyl (C=O) groups excluding carboxylic acids is 1. The van der Waals surface area contributed by atoms with E-state index in [9.17, 15) is 9.90 Å². The van der Waals surface area contributed by atoms with Crippen molar-refractivity contribution in [2.24, 2.45) is 0 Å². The zero-order valence-electron chi connectivity index (χ0n) is 8.78. The van der Waals surface area contributed by atoms with Crippen LogP contribution in [0.25, 0.3) is 0 Å². The number of aromatic hydroxyl groups is 1. The summed E-state index contributed by atoms with van der Waals surface area (Å²) in [5, 5.41) is 11.9. The predicted octanol–water partition coefficient (Wildman–Crippen LogP) is 1.38. The minimum atomic E-state index is -0.231. The van der Waals surface area contributed by atoms with Crippen molar-refractivity contribution in [3.05, 3.63) is 29.8 Å². The molecule has 0 saturated heterocycles. The highest BCUT2D eigenvalue weighted by atomic mass is 35.5. The summed E-state index contributed by atoms with van der Waals surface area (Å²) in [7, 11) is 0. The van der Waals surface area contributed by atoms with Crippen LogP contribution >= 0.6 is 11.6 Å². The molecule has 1 rings (SSSR count). The Morgan fingerprint density at radius 2 is 2.25 bits per heavy atom. The molecule has 0 aliphatic heterocycles. The zero-order chi connectivity index (χ0) is 11.8. The van der Waals surface area contributed by atoms with Crippen molar-refractivity contribution in [1.82, 2.24) is 5.32 Å². The number of hydrogen-bond acceptors (Lipinski definition) is 3. The number of hydrogen-bond donors (Lipinski definition) is 2. The number of ether oxygens (including phenoxy) is 1. The summed E-state index contributed by atoms with van der Waals surface area (Å²) in [6.07, 6.45) is 0. The van der Waals surface area contributed by atoms with Gasteiger partial charge in [0.15, 0.2) is 0 Å². The number of benzene rings is 1. The van der Waals surface area contributed by atoms with E-state index in [1.807, 2.05) is 0 Å². The van der Waals surface area contributed by atoms with Gasteiger partial charge in [-0.25, -0.2) is 0 Å². The van der Waals surface area contributed by atoms with E-state index in [1.54, 1.807) is 12.1 Å². The van der Waals surface area contributed by atoms with Crippen LogP contribution in [-0.4, -0.2) is 36.7 Å². The van der Waals surface area contributed by atoms with E-state index < -0.39 is 0 Å². The van der Waals surface area contributed by atoms with Crippen molar-refractivity contribution in [2.45, 2.75) is 0 Å². The number of carbonyl (C=O) groups is 1. The van der Waals surface area contributed by atoms with Crippen LogP contribution in [0.15, 0.2) is 24.3 Å². The maximum atomic E-state index is 11.5. The predicted molar refractivity (Wildman–Crippen MR) is 62.0 cm³/mol. The van der Waals surface area contributed by atoms with Crippen LogP contribution in [0, 0.1) is 0 Å². The summed E-state index contributed by atoms with van der Waals surface area (Å²) in [4.78, 5) is 11.5. The quantitative estimate of drug-likeness (QED) is 0.586. The van der Waals surface area contributed by atoms with Crippen molar-refractivity contribution in [3.8, 4) is 5.75 Å². The van der Waals surface area contributed by atoms with Gasteiger partial charge in [0, 0.05) is 18.0 Å². The van der Waals surface area contributed by atoms with Gasteiger partial charge in [-0.05, 0) is 18.2 Å². The lowest BCUT2D eigenvalue weighted by Gasteiger charge is -2.05. The largest absolute Gasteiger partial charge is 0.508 e. The molecule has 0 saturated carbocycles. The highest BCUT2D eigenvalue weighted by Crippen LogP contribution is 2.10. The van der Waals surface area contributed by atoms with E-state index in [-0.39, 0.29) is 11.7 Å². The molecule has 4 nitrogen and oxygen atoms in total. The lowest BCUT2D eigenvalue weighted by atomic mass is 10.2. The minimum Gasteiger partial charge on any atom is -0.508 e. The first kappa shape index (κ1) is 12.8. The molecule has 0 fully saturated rings. The summed E-state index contributed by atoms with van der Waals surface area (Å²) in [6.45, 7) is 1.33. The monoisotopic (exact) mass is 243 g/mol. The molecule has 0 aliphatic rings. The molecule has 1 aromatic carbocycles. The number of nitrogens with one attached hydrogen (secondary N) is 1. The number of phenols is 1. The minimum absolute atomic E-state index is 0.0750. The van der Waals surface area contributed by atoms with Crippen LogP contribution in [0.1, 0.15) is 10.4 Å². The molecule has 88 valence electrons. The Labute approximate surface area is 99.2 Å². The van der Waals surface area contributed by atoms with E-state index in [0.717, 1.165) is 0 Å². The number of phenolic OH excluding ortho intramolecular Hbond substituents is 1. The van der Waals surface area contributed by atoms with Crippen molar-refractivity contribution >= 4 is 17.5 Å². The van der Waals surface area contributed by atoms with Crippen LogP contribution < -0.4 is 5.32 Å². The van der Waals surface area contributed by atoms with Gasteiger partial charge < -0.3 is 15.2 Å². The first-order valence-corrected chi connectivity index (χ1v) is 5.48. The first-order valence-electron chi connectivity index (χ1n) is 4.95. The summed E-state index contributed by atoms with van der Waals surface area (Å²) in [5.74, 6) is 0.289. The molecule has 0 unspecified atom stereocenters. The SMILES string of the molecule is O=C(NCCOCCCl)c1cccc(O)c1. The molecule has 2 N–H and O–H groups in total. The Hall–Kier alpha value is -1.26. The Balaban J connectivity index is 2.30. The van der Waals surface area contributed by atoms with Gasteiger partial charge in [0.05, 0.1) is 13.2 Å². The second-order valence-corrected chi connectivity index (χ2v) is 3.49. The summed E-state index contributed by atoms with van der Waals surface area (Å²) in [5.41, 5.74) is 0.428. The first-order chi connectivity index (χ1) is 7.74. The van der Waals surface area contributed by atoms with Crippen molar-refractivity contribution < 1.29 is 14.6 Å². The molecule has 0 radical (unpaired) electrons. The standard InChI is InChI=1S/C11H14ClNO3/c12-4-6-16-7-5-13-11(15)9-2-1-3-10(14)8-9/h1-3,8,14H,4-7H2,(H,13,15). The Morgan fingerprint density at radius 1 is 1.44 bits per heavy atom. The van der Waals surface area contributed by atoms with Gasteiger partial charge in [0.2, 0.25) is 0 Å². The highest BCUT2D eigenvalue weighted by molar-refractivity contribution is 6.17. The van der Waals surface area contributed by atoms with E-state index in [2.05, 4.69) is 5.32 Å². The van der Waals surface area contributed by atoms with Gasteiger partial charge in [0.25, 0.3) is 5.91 Å². The molecular weight excluding hydrogens is 230 g/mol. The molecule has 5 heteroatoms. The zero-order valence-corrected chi connectivity index (χ0v) is 9.54. The molecule has 0 bridgehead atoms. The normalized spacial score (nSPS) is 10.1. The molecule has 0 heterocycles. The van der Waals surface area contributed by atoms with Crippen LogP contribution in [-0.2, 0) is 4.74 Å². The molecule has 0 aliphatic carbocycles. The van der Waals surface area contributed by atoms with Crippen LogP contribution in [0.3, 0.4) is 0 Å². The van der Waals surface area contributed by atoms with E-state index in [1.165, 1.54) is 12.1 Å². The second-order valence-electron chi connectivity index (χ2n) is 3.11. The number of halogens is 1. The van der Waals surface area contributed by atoms with Gasteiger partial charge in [0.1, 0.15) is 5.75 Å². The number of alkyl halides is 1.